The molecule has 0 saturated carbocycles. The fourth-order valence-corrected chi connectivity index (χ4v) is 2.55. The van der Waals surface area contributed by atoms with E-state index in [1.54, 1.807) is 11.3 Å². The van der Waals surface area contributed by atoms with Crippen molar-refractivity contribution < 1.29 is 0 Å². The largest absolute Gasteiger partial charge is 0.306 e. The summed E-state index contributed by atoms with van der Waals surface area (Å²) < 4.78 is 1.20. The molecular weight excluding hydrogens is 258 g/mol. The van der Waals surface area contributed by atoms with Gasteiger partial charge in [0.05, 0.1) is 3.79 Å². The Hall–Kier alpha value is -0.120. The van der Waals surface area contributed by atoms with Crippen LogP contribution in [-0.4, -0.2) is 6.54 Å². The van der Waals surface area contributed by atoms with E-state index in [4.69, 9.17) is 0 Å². The smallest absolute Gasteiger partial charge is 0.0701 e. The highest BCUT2D eigenvalue weighted by Crippen LogP contribution is 2.26. The molecule has 0 fully saturated rings. The number of rotatable bonds is 4. The van der Waals surface area contributed by atoms with Crippen molar-refractivity contribution in [3.8, 4) is 0 Å². The molecule has 1 heterocycles. The summed E-state index contributed by atoms with van der Waals surface area (Å²) >= 11 is 5.26. The van der Waals surface area contributed by atoms with Crippen molar-refractivity contribution in [1.29, 1.82) is 0 Å². The molecular formula is C11H16BrNS. The van der Waals surface area contributed by atoms with E-state index in [2.05, 4.69) is 60.2 Å². The maximum Gasteiger partial charge on any atom is 0.0701 e. The first-order valence-electron chi connectivity index (χ1n) is 4.71. The van der Waals surface area contributed by atoms with Crippen molar-refractivity contribution >= 4 is 27.3 Å². The molecule has 0 spiro atoms. The summed E-state index contributed by atoms with van der Waals surface area (Å²) in [6.07, 6.45) is 2.21. The number of hydrogen-bond donors (Lipinski definition) is 1. The minimum absolute atomic E-state index is 0.432. The van der Waals surface area contributed by atoms with E-state index in [0.29, 0.717) is 6.04 Å². The molecule has 0 aromatic carbocycles. The summed E-state index contributed by atoms with van der Waals surface area (Å²) in [4.78, 5) is 1.37. The maximum absolute atomic E-state index is 3.47. The molecule has 1 atom stereocenters. The van der Waals surface area contributed by atoms with Crippen LogP contribution in [0.4, 0.5) is 0 Å². The van der Waals surface area contributed by atoms with Crippen LogP contribution >= 0.6 is 27.3 Å². The van der Waals surface area contributed by atoms with Gasteiger partial charge in [0.2, 0.25) is 0 Å². The van der Waals surface area contributed by atoms with Gasteiger partial charge in [-0.15, -0.1) is 11.3 Å². The molecule has 1 unspecified atom stereocenters. The minimum Gasteiger partial charge on any atom is -0.306 e. The molecule has 0 amide bonds. The lowest BCUT2D eigenvalue weighted by Crippen LogP contribution is -2.17. The third kappa shape index (κ3) is 3.95. The van der Waals surface area contributed by atoms with E-state index in [1.165, 1.54) is 14.2 Å². The lowest BCUT2D eigenvalue weighted by molar-refractivity contribution is 0.626. The third-order valence-electron chi connectivity index (χ3n) is 1.96. The van der Waals surface area contributed by atoms with Crippen molar-refractivity contribution in [3.63, 3.8) is 0 Å². The Morgan fingerprint density at radius 3 is 2.79 bits per heavy atom. The molecule has 0 saturated heterocycles. The Labute approximate surface area is 98.4 Å². The van der Waals surface area contributed by atoms with E-state index in [-0.39, 0.29) is 0 Å². The molecule has 0 aliphatic rings. The van der Waals surface area contributed by atoms with Crippen LogP contribution in [0.1, 0.15) is 31.7 Å². The third-order valence-corrected chi connectivity index (χ3v) is 3.76. The van der Waals surface area contributed by atoms with E-state index >= 15 is 0 Å². The van der Waals surface area contributed by atoms with E-state index < -0.39 is 0 Å². The predicted octanol–water partition coefficient (Wildman–Crippen LogP) is 4.13. The number of halogens is 1. The summed E-state index contributed by atoms with van der Waals surface area (Å²) in [5, 5.41) is 3.46. The van der Waals surface area contributed by atoms with Crippen molar-refractivity contribution in [2.45, 2.75) is 26.8 Å². The highest BCUT2D eigenvalue weighted by molar-refractivity contribution is 9.11. The van der Waals surface area contributed by atoms with E-state index in [0.717, 1.165) is 6.54 Å². The van der Waals surface area contributed by atoms with Crippen molar-refractivity contribution in [3.05, 3.63) is 32.4 Å². The number of nitrogens with one attached hydrogen (secondary N) is 1. The highest BCUT2D eigenvalue weighted by atomic mass is 79.9. The molecule has 1 rings (SSSR count). The van der Waals surface area contributed by atoms with Crippen LogP contribution in [0.15, 0.2) is 27.6 Å². The van der Waals surface area contributed by atoms with E-state index in [1.807, 2.05) is 0 Å². The van der Waals surface area contributed by atoms with Gasteiger partial charge in [-0.05, 0) is 48.8 Å². The van der Waals surface area contributed by atoms with Gasteiger partial charge in [-0.2, -0.15) is 0 Å². The second-order valence-electron chi connectivity index (χ2n) is 3.55. The monoisotopic (exact) mass is 273 g/mol. The first-order valence-corrected chi connectivity index (χ1v) is 6.32. The summed E-state index contributed by atoms with van der Waals surface area (Å²) in [6, 6.07) is 4.69. The molecule has 1 N–H and O–H groups in total. The zero-order valence-corrected chi connectivity index (χ0v) is 11.2. The molecule has 0 bridgehead atoms. The number of hydrogen-bond acceptors (Lipinski definition) is 2. The highest BCUT2D eigenvalue weighted by Gasteiger charge is 2.05. The quantitative estimate of drug-likeness (QED) is 0.814. The Morgan fingerprint density at radius 1 is 1.57 bits per heavy atom. The van der Waals surface area contributed by atoms with Crippen molar-refractivity contribution in [2.75, 3.05) is 6.54 Å². The molecule has 1 nitrogen and oxygen atoms in total. The minimum atomic E-state index is 0.432. The molecule has 3 heteroatoms. The Morgan fingerprint density at radius 2 is 2.29 bits per heavy atom. The first-order chi connectivity index (χ1) is 6.59. The molecule has 0 radical (unpaired) electrons. The Balaban J connectivity index is 2.43. The average molecular weight is 274 g/mol. The van der Waals surface area contributed by atoms with Gasteiger partial charge in [-0.25, -0.2) is 0 Å². The van der Waals surface area contributed by atoms with Crippen LogP contribution in [0.3, 0.4) is 0 Å². The average Bonchev–Trinajstić information content (AvgIpc) is 2.51. The second-order valence-corrected chi connectivity index (χ2v) is 6.05. The van der Waals surface area contributed by atoms with E-state index in [9.17, 15) is 0 Å². The molecule has 0 aliphatic heterocycles. The van der Waals surface area contributed by atoms with Gasteiger partial charge >= 0.3 is 0 Å². The topological polar surface area (TPSA) is 12.0 Å². The van der Waals surface area contributed by atoms with Crippen LogP contribution in [0, 0.1) is 0 Å². The maximum atomic E-state index is 3.47. The van der Waals surface area contributed by atoms with Gasteiger partial charge in [0.15, 0.2) is 0 Å². The van der Waals surface area contributed by atoms with Crippen LogP contribution in [0.5, 0.6) is 0 Å². The summed E-state index contributed by atoms with van der Waals surface area (Å²) in [5.74, 6) is 0. The molecule has 0 aliphatic carbocycles. The molecule has 14 heavy (non-hydrogen) atoms. The normalized spacial score (nSPS) is 12.6. The van der Waals surface area contributed by atoms with Gasteiger partial charge < -0.3 is 5.32 Å². The molecule has 1 aromatic rings. The van der Waals surface area contributed by atoms with Crippen LogP contribution < -0.4 is 5.32 Å². The van der Waals surface area contributed by atoms with Gasteiger partial charge in [0.1, 0.15) is 0 Å². The lowest BCUT2D eigenvalue weighted by atomic mass is 10.2. The second kappa shape index (κ2) is 5.69. The summed E-state index contributed by atoms with van der Waals surface area (Å²) in [6.45, 7) is 7.37. The van der Waals surface area contributed by atoms with Crippen molar-refractivity contribution in [2.24, 2.45) is 0 Å². The van der Waals surface area contributed by atoms with Crippen LogP contribution in [0.2, 0.25) is 0 Å². The summed E-state index contributed by atoms with van der Waals surface area (Å²) in [5.41, 5.74) is 1.36. The lowest BCUT2D eigenvalue weighted by Gasteiger charge is -2.09. The Kier molecular flexibility index (Phi) is 4.85. The first kappa shape index (κ1) is 12.0. The van der Waals surface area contributed by atoms with Gasteiger partial charge in [-0.1, -0.05) is 11.6 Å². The molecule has 1 aromatic heterocycles. The zero-order chi connectivity index (χ0) is 10.6. The van der Waals surface area contributed by atoms with Gasteiger partial charge in [0.25, 0.3) is 0 Å². The predicted molar refractivity (Wildman–Crippen MR) is 67.9 cm³/mol. The van der Waals surface area contributed by atoms with Crippen molar-refractivity contribution in [1.82, 2.24) is 5.32 Å². The zero-order valence-electron chi connectivity index (χ0n) is 8.80. The fraction of sp³-hybridized carbons (Fsp3) is 0.455. The van der Waals surface area contributed by atoms with Crippen LogP contribution in [-0.2, 0) is 0 Å². The van der Waals surface area contributed by atoms with Gasteiger partial charge in [-0.3, -0.25) is 0 Å². The molecule has 78 valence electrons. The van der Waals surface area contributed by atoms with Gasteiger partial charge in [0, 0.05) is 17.5 Å². The Bertz CT molecular complexity index is 313. The SMILES string of the molecule is CC(C)=CCNC(C)c1ccc(Br)s1. The number of thiophene rings is 1. The number of allylic oxidation sites excluding steroid dienone is 1. The van der Waals surface area contributed by atoms with Crippen LogP contribution in [0.25, 0.3) is 0 Å². The summed E-state index contributed by atoms with van der Waals surface area (Å²) in [7, 11) is 0. The fourth-order valence-electron chi connectivity index (χ4n) is 1.10. The standard InChI is InChI=1S/C11H16BrNS/c1-8(2)6-7-13-9(3)10-4-5-11(12)14-10/h4-6,9,13H,7H2,1-3H3.